The highest BCUT2D eigenvalue weighted by molar-refractivity contribution is 7.92. The van der Waals surface area contributed by atoms with Gasteiger partial charge in [0.05, 0.1) is 15.6 Å². The van der Waals surface area contributed by atoms with E-state index in [1.165, 1.54) is 53.5 Å². The Balaban J connectivity index is 1.54. The molecule has 47 heavy (non-hydrogen) atoms. The number of sulfone groups is 1. The van der Waals surface area contributed by atoms with Crippen LogP contribution in [0.25, 0.3) is 16.9 Å². The van der Waals surface area contributed by atoms with Crippen molar-refractivity contribution >= 4 is 50.5 Å². The van der Waals surface area contributed by atoms with Gasteiger partial charge in [-0.25, -0.2) is 35.6 Å². The maximum absolute atomic E-state index is 14.3. The molecular weight excluding hydrogens is 664 g/mol. The van der Waals surface area contributed by atoms with Gasteiger partial charge < -0.3 is 15.4 Å². The van der Waals surface area contributed by atoms with Crippen LogP contribution in [0.1, 0.15) is 20.8 Å². The van der Waals surface area contributed by atoms with Crippen LogP contribution in [-0.4, -0.2) is 45.5 Å². The van der Waals surface area contributed by atoms with Crippen LogP contribution in [0.3, 0.4) is 0 Å². The van der Waals surface area contributed by atoms with Crippen LogP contribution in [0.4, 0.5) is 40.7 Å². The Kier molecular flexibility index (Phi) is 9.22. The lowest BCUT2D eigenvalue weighted by atomic mass is 10.1. The highest BCUT2D eigenvalue weighted by atomic mass is 35.5. The molecule has 0 fully saturated rings. The first-order chi connectivity index (χ1) is 22.1. The van der Waals surface area contributed by atoms with Crippen LogP contribution in [0.15, 0.2) is 78.0 Å². The number of hydrogen-bond acceptors (Lipinski definition) is 9. The normalized spacial score (nSPS) is 11.7. The highest BCUT2D eigenvalue weighted by Crippen LogP contribution is 2.30. The third-order valence-electron chi connectivity index (χ3n) is 6.28. The Morgan fingerprint density at radius 3 is 2.43 bits per heavy atom. The standard InChI is InChI=1S/C31H25ClF4N6O4S/c1-31(2,3)46-26(43)16-47(44,45)19-6-4-5-17(13-19)20-15-37-30(38-18-7-8-22(33)21(32)14-18)40-29(20)42-12-11-25(41-42)39-24-10-9-23(34)27(35)28(24)36/h4-15H,16H2,1-3H3,(H,39,41)(H,37,38,40). The summed E-state index contributed by atoms with van der Waals surface area (Å²) in [6, 6.07) is 12.7. The number of nitrogens with zero attached hydrogens (tertiary/aromatic N) is 4. The molecule has 0 spiro atoms. The van der Waals surface area contributed by atoms with Crippen molar-refractivity contribution in [1.29, 1.82) is 0 Å². The maximum atomic E-state index is 14.3. The van der Waals surface area contributed by atoms with Crippen molar-refractivity contribution in [1.82, 2.24) is 19.7 Å². The minimum atomic E-state index is -4.13. The number of halogens is 5. The Morgan fingerprint density at radius 1 is 0.957 bits per heavy atom. The van der Waals surface area contributed by atoms with Crippen molar-refractivity contribution in [2.75, 3.05) is 16.4 Å². The average Bonchev–Trinajstić information content (AvgIpc) is 3.46. The molecule has 10 nitrogen and oxygen atoms in total. The third kappa shape index (κ3) is 7.86. The molecule has 0 amide bonds. The van der Waals surface area contributed by atoms with E-state index in [-0.39, 0.29) is 38.8 Å². The molecule has 0 aliphatic rings. The van der Waals surface area contributed by atoms with Crippen molar-refractivity contribution in [2.24, 2.45) is 0 Å². The van der Waals surface area contributed by atoms with E-state index in [4.69, 9.17) is 16.3 Å². The topological polar surface area (TPSA) is 128 Å². The van der Waals surface area contributed by atoms with Gasteiger partial charge in [0.1, 0.15) is 11.4 Å². The fourth-order valence-electron chi connectivity index (χ4n) is 4.25. The van der Waals surface area contributed by atoms with Crippen LogP contribution in [-0.2, 0) is 19.4 Å². The van der Waals surface area contributed by atoms with Crippen LogP contribution >= 0.6 is 11.6 Å². The lowest BCUT2D eigenvalue weighted by molar-refractivity contribution is -0.151. The minimum Gasteiger partial charge on any atom is -0.459 e. The fourth-order valence-corrected chi connectivity index (χ4v) is 5.56. The quantitative estimate of drug-likeness (QED) is 0.0943. The van der Waals surface area contributed by atoms with Crippen LogP contribution < -0.4 is 10.6 Å². The Morgan fingerprint density at radius 2 is 1.70 bits per heavy atom. The first kappa shape index (κ1) is 33.3. The molecule has 0 aliphatic heterocycles. The van der Waals surface area contributed by atoms with E-state index in [0.717, 1.165) is 18.2 Å². The summed E-state index contributed by atoms with van der Waals surface area (Å²) in [6.45, 7) is 4.86. The summed E-state index contributed by atoms with van der Waals surface area (Å²) in [5.74, 6) is -6.79. The molecule has 3 aromatic carbocycles. The van der Waals surface area contributed by atoms with Gasteiger partial charge >= 0.3 is 5.97 Å². The summed E-state index contributed by atoms with van der Waals surface area (Å²) in [7, 11) is -4.13. The zero-order valence-corrected chi connectivity index (χ0v) is 26.4. The first-order valence-corrected chi connectivity index (χ1v) is 15.7. The van der Waals surface area contributed by atoms with Crippen LogP contribution in [0, 0.1) is 23.3 Å². The number of rotatable bonds is 9. The number of anilines is 4. The number of hydrogen-bond donors (Lipinski definition) is 2. The van der Waals surface area contributed by atoms with E-state index >= 15 is 0 Å². The van der Waals surface area contributed by atoms with E-state index in [0.29, 0.717) is 11.3 Å². The van der Waals surface area contributed by atoms with E-state index < -0.39 is 50.4 Å². The molecule has 5 aromatic rings. The molecule has 0 saturated heterocycles. The molecule has 0 radical (unpaired) electrons. The molecule has 0 atom stereocenters. The summed E-state index contributed by atoms with van der Waals surface area (Å²) in [5, 5.41) is 9.65. The van der Waals surface area contributed by atoms with Crippen molar-refractivity contribution in [3.8, 4) is 16.9 Å². The second-order valence-electron chi connectivity index (χ2n) is 11.1. The SMILES string of the molecule is CC(C)(C)OC(=O)CS(=O)(=O)c1cccc(-c2cnc(Nc3ccc(F)c(Cl)c3)nc2-n2ccc(Nc3ccc(F)c(F)c3F)n2)c1. The minimum absolute atomic E-state index is 0.0109. The van der Waals surface area contributed by atoms with Gasteiger partial charge in [0.25, 0.3) is 0 Å². The molecule has 0 bridgehead atoms. The van der Waals surface area contributed by atoms with Crippen molar-refractivity contribution < 1.29 is 35.5 Å². The van der Waals surface area contributed by atoms with Gasteiger partial charge in [-0.15, -0.1) is 5.10 Å². The summed E-state index contributed by atoms with van der Waals surface area (Å²) >= 11 is 5.90. The smallest absolute Gasteiger partial charge is 0.322 e. The molecule has 0 aliphatic carbocycles. The van der Waals surface area contributed by atoms with Gasteiger partial charge in [-0.2, -0.15) is 4.98 Å². The predicted octanol–water partition coefficient (Wildman–Crippen LogP) is 7.14. The predicted molar refractivity (Wildman–Crippen MR) is 167 cm³/mol. The van der Waals surface area contributed by atoms with E-state index in [1.807, 2.05) is 0 Å². The van der Waals surface area contributed by atoms with Crippen molar-refractivity contribution in [3.63, 3.8) is 0 Å². The van der Waals surface area contributed by atoms with Gasteiger partial charge in [-0.1, -0.05) is 23.7 Å². The molecule has 0 unspecified atom stereocenters. The van der Waals surface area contributed by atoms with Gasteiger partial charge in [-0.3, -0.25) is 4.79 Å². The van der Waals surface area contributed by atoms with Crippen LogP contribution in [0.2, 0.25) is 5.02 Å². The third-order valence-corrected chi connectivity index (χ3v) is 8.16. The Hall–Kier alpha value is -5.02. The molecule has 2 heterocycles. The van der Waals surface area contributed by atoms with Crippen LogP contribution in [0.5, 0.6) is 0 Å². The largest absolute Gasteiger partial charge is 0.459 e. The Bertz CT molecular complexity index is 2100. The monoisotopic (exact) mass is 688 g/mol. The number of carbonyl (C=O) groups is 1. The van der Waals surface area contributed by atoms with Gasteiger partial charge in [0, 0.05) is 29.7 Å². The number of aromatic nitrogens is 4. The van der Waals surface area contributed by atoms with E-state index in [1.54, 1.807) is 26.8 Å². The number of nitrogens with one attached hydrogen (secondary N) is 2. The number of esters is 1. The molecule has 0 saturated carbocycles. The number of carbonyl (C=O) groups excluding carboxylic acids is 1. The lowest BCUT2D eigenvalue weighted by Crippen LogP contribution is -2.28. The fraction of sp³-hybridized carbons (Fsp3) is 0.161. The molecule has 244 valence electrons. The van der Waals surface area contributed by atoms with Gasteiger partial charge in [-0.05, 0) is 68.8 Å². The zero-order chi connectivity index (χ0) is 34.1. The second kappa shape index (κ2) is 13.0. The number of ether oxygens (including phenoxy) is 1. The highest BCUT2D eigenvalue weighted by Gasteiger charge is 2.25. The lowest BCUT2D eigenvalue weighted by Gasteiger charge is -2.19. The second-order valence-corrected chi connectivity index (χ2v) is 13.4. The summed E-state index contributed by atoms with van der Waals surface area (Å²) < 4.78 is 88.0. The van der Waals surface area contributed by atoms with E-state index in [2.05, 4.69) is 25.7 Å². The Labute approximate surface area is 271 Å². The summed E-state index contributed by atoms with van der Waals surface area (Å²) in [4.78, 5) is 21.0. The molecule has 16 heteroatoms. The zero-order valence-electron chi connectivity index (χ0n) is 24.9. The molecular formula is C31H25ClF4N6O4S. The molecule has 2 N–H and O–H groups in total. The van der Waals surface area contributed by atoms with Gasteiger partial charge in [0.15, 0.2) is 44.7 Å². The maximum Gasteiger partial charge on any atom is 0.322 e. The summed E-state index contributed by atoms with van der Waals surface area (Å²) in [5.41, 5.74) is -0.324. The average molecular weight is 689 g/mol. The summed E-state index contributed by atoms with van der Waals surface area (Å²) in [6.07, 6.45) is 2.80. The molecule has 5 rings (SSSR count). The first-order valence-electron chi connectivity index (χ1n) is 13.7. The van der Waals surface area contributed by atoms with Gasteiger partial charge in [0.2, 0.25) is 5.95 Å². The van der Waals surface area contributed by atoms with Crippen molar-refractivity contribution in [3.05, 3.63) is 101 Å². The van der Waals surface area contributed by atoms with E-state index in [9.17, 15) is 30.8 Å². The number of benzene rings is 3. The molecule has 2 aromatic heterocycles. The van der Waals surface area contributed by atoms with Crippen molar-refractivity contribution in [2.45, 2.75) is 31.3 Å².